The number of aliphatic hydroxyl groups is 1. The van der Waals surface area contributed by atoms with Gasteiger partial charge in [0.2, 0.25) is 5.95 Å². The molecular weight excluding hydrogens is 202 g/mol. The van der Waals surface area contributed by atoms with Gasteiger partial charge in [0.05, 0.1) is 6.61 Å². The molecule has 1 heterocycles. The first-order valence-corrected chi connectivity index (χ1v) is 5.85. The Bertz CT molecular complexity index is 308. The van der Waals surface area contributed by atoms with Crippen LogP contribution in [0.3, 0.4) is 0 Å². The third-order valence-electron chi connectivity index (χ3n) is 2.40. The maximum absolute atomic E-state index is 9.04. The smallest absolute Gasteiger partial charge is 0.225 e. The summed E-state index contributed by atoms with van der Waals surface area (Å²) in [6, 6.07) is 1.96. The van der Waals surface area contributed by atoms with E-state index in [2.05, 4.69) is 16.9 Å². The molecule has 0 amide bonds. The van der Waals surface area contributed by atoms with Gasteiger partial charge in [-0.1, -0.05) is 13.3 Å². The Labute approximate surface area is 97.3 Å². The van der Waals surface area contributed by atoms with Gasteiger partial charge in [0.15, 0.2) is 0 Å². The van der Waals surface area contributed by atoms with Crippen molar-refractivity contribution in [3.8, 4) is 0 Å². The Morgan fingerprint density at radius 1 is 1.19 bits per heavy atom. The van der Waals surface area contributed by atoms with Crippen LogP contribution in [0.1, 0.15) is 31.2 Å². The van der Waals surface area contributed by atoms with E-state index in [1.807, 2.05) is 24.8 Å². The minimum atomic E-state index is 0.139. The zero-order valence-electron chi connectivity index (χ0n) is 10.4. The molecule has 1 aromatic rings. The van der Waals surface area contributed by atoms with Crippen molar-refractivity contribution in [2.75, 3.05) is 24.6 Å². The zero-order valence-corrected chi connectivity index (χ0v) is 10.4. The highest BCUT2D eigenvalue weighted by molar-refractivity contribution is 5.31. The lowest BCUT2D eigenvalue weighted by Crippen LogP contribution is -2.29. The van der Waals surface area contributed by atoms with Crippen molar-refractivity contribution in [1.29, 1.82) is 0 Å². The molecule has 0 spiro atoms. The van der Waals surface area contributed by atoms with Crippen LogP contribution in [0.15, 0.2) is 6.07 Å². The molecule has 0 atom stereocenters. The molecule has 4 nitrogen and oxygen atoms in total. The average molecular weight is 223 g/mol. The van der Waals surface area contributed by atoms with Crippen molar-refractivity contribution in [2.45, 2.75) is 33.6 Å². The van der Waals surface area contributed by atoms with Gasteiger partial charge in [-0.2, -0.15) is 0 Å². The molecule has 0 unspecified atom stereocenters. The Morgan fingerprint density at radius 3 is 2.31 bits per heavy atom. The summed E-state index contributed by atoms with van der Waals surface area (Å²) in [5.41, 5.74) is 1.95. The van der Waals surface area contributed by atoms with E-state index in [1.54, 1.807) is 0 Å². The molecule has 1 N–H and O–H groups in total. The van der Waals surface area contributed by atoms with Gasteiger partial charge in [0.25, 0.3) is 0 Å². The molecule has 90 valence electrons. The van der Waals surface area contributed by atoms with Crippen molar-refractivity contribution in [2.24, 2.45) is 0 Å². The summed E-state index contributed by atoms with van der Waals surface area (Å²) in [5.74, 6) is 0.736. The lowest BCUT2D eigenvalue weighted by Gasteiger charge is -2.21. The topological polar surface area (TPSA) is 49.2 Å². The summed E-state index contributed by atoms with van der Waals surface area (Å²) in [6.45, 7) is 7.73. The van der Waals surface area contributed by atoms with Crippen LogP contribution in [-0.2, 0) is 0 Å². The van der Waals surface area contributed by atoms with Crippen LogP contribution in [0, 0.1) is 13.8 Å². The molecular formula is C12H21N3O. The van der Waals surface area contributed by atoms with Crippen LogP contribution in [-0.4, -0.2) is 34.8 Å². The number of hydrogen-bond acceptors (Lipinski definition) is 4. The minimum absolute atomic E-state index is 0.139. The number of aromatic nitrogens is 2. The fraction of sp³-hybridized carbons (Fsp3) is 0.667. The second kappa shape index (κ2) is 6.43. The molecule has 16 heavy (non-hydrogen) atoms. The second-order valence-electron chi connectivity index (χ2n) is 4.01. The molecule has 0 bridgehead atoms. The summed E-state index contributed by atoms with van der Waals surface area (Å²) < 4.78 is 0. The molecule has 0 aliphatic heterocycles. The number of anilines is 1. The van der Waals surface area contributed by atoms with Crippen molar-refractivity contribution in [1.82, 2.24) is 9.97 Å². The largest absolute Gasteiger partial charge is 0.395 e. The highest BCUT2D eigenvalue weighted by atomic mass is 16.3. The van der Waals surface area contributed by atoms with Crippen LogP contribution in [0.4, 0.5) is 5.95 Å². The fourth-order valence-corrected chi connectivity index (χ4v) is 1.63. The maximum atomic E-state index is 9.04. The first kappa shape index (κ1) is 12.9. The van der Waals surface area contributed by atoms with Crippen LogP contribution >= 0.6 is 0 Å². The first-order valence-electron chi connectivity index (χ1n) is 5.85. The quantitative estimate of drug-likeness (QED) is 0.797. The SMILES string of the molecule is CCCCN(CCO)c1nc(C)cc(C)n1. The number of rotatable bonds is 6. The lowest BCUT2D eigenvalue weighted by atomic mass is 10.3. The molecule has 1 aromatic heterocycles. The average Bonchev–Trinajstić information content (AvgIpc) is 2.22. The van der Waals surface area contributed by atoms with Gasteiger partial charge >= 0.3 is 0 Å². The van der Waals surface area contributed by atoms with Crippen LogP contribution in [0.2, 0.25) is 0 Å². The Balaban J connectivity index is 2.82. The van der Waals surface area contributed by atoms with E-state index >= 15 is 0 Å². The van der Waals surface area contributed by atoms with Gasteiger partial charge < -0.3 is 10.0 Å². The van der Waals surface area contributed by atoms with Gasteiger partial charge in [0, 0.05) is 24.5 Å². The van der Waals surface area contributed by atoms with Gasteiger partial charge in [-0.05, 0) is 26.3 Å². The number of nitrogens with zero attached hydrogens (tertiary/aromatic N) is 3. The highest BCUT2D eigenvalue weighted by Crippen LogP contribution is 2.10. The Hall–Kier alpha value is -1.16. The molecule has 0 aliphatic carbocycles. The van der Waals surface area contributed by atoms with Crippen molar-refractivity contribution < 1.29 is 5.11 Å². The molecule has 0 fully saturated rings. The summed E-state index contributed by atoms with van der Waals surface area (Å²) in [5, 5.41) is 9.04. The van der Waals surface area contributed by atoms with Crippen molar-refractivity contribution in [3.63, 3.8) is 0 Å². The number of hydrogen-bond donors (Lipinski definition) is 1. The van der Waals surface area contributed by atoms with E-state index < -0.39 is 0 Å². The molecule has 0 aromatic carbocycles. The third kappa shape index (κ3) is 3.77. The summed E-state index contributed by atoms with van der Waals surface area (Å²) in [6.07, 6.45) is 2.23. The first-order chi connectivity index (χ1) is 7.67. The maximum Gasteiger partial charge on any atom is 0.225 e. The minimum Gasteiger partial charge on any atom is -0.395 e. The predicted molar refractivity (Wildman–Crippen MR) is 65.7 cm³/mol. The van der Waals surface area contributed by atoms with Crippen LogP contribution < -0.4 is 4.90 Å². The third-order valence-corrected chi connectivity index (χ3v) is 2.40. The van der Waals surface area contributed by atoms with Gasteiger partial charge in [-0.3, -0.25) is 0 Å². The number of unbranched alkanes of at least 4 members (excludes halogenated alkanes) is 1. The molecule has 1 rings (SSSR count). The van der Waals surface area contributed by atoms with Gasteiger partial charge in [0.1, 0.15) is 0 Å². The van der Waals surface area contributed by atoms with Crippen molar-refractivity contribution in [3.05, 3.63) is 17.5 Å². The molecule has 0 aliphatic rings. The summed E-state index contributed by atoms with van der Waals surface area (Å²) in [4.78, 5) is 10.9. The van der Waals surface area contributed by atoms with Crippen LogP contribution in [0.25, 0.3) is 0 Å². The zero-order chi connectivity index (χ0) is 12.0. The Morgan fingerprint density at radius 2 is 1.81 bits per heavy atom. The molecule has 0 radical (unpaired) electrons. The number of aliphatic hydroxyl groups excluding tert-OH is 1. The normalized spacial score (nSPS) is 10.5. The van der Waals surface area contributed by atoms with Crippen molar-refractivity contribution >= 4 is 5.95 Å². The van der Waals surface area contributed by atoms with E-state index in [-0.39, 0.29) is 6.61 Å². The number of aryl methyl sites for hydroxylation is 2. The summed E-state index contributed by atoms with van der Waals surface area (Å²) in [7, 11) is 0. The highest BCUT2D eigenvalue weighted by Gasteiger charge is 2.09. The van der Waals surface area contributed by atoms with E-state index in [1.165, 1.54) is 0 Å². The van der Waals surface area contributed by atoms with E-state index in [0.29, 0.717) is 6.54 Å². The van der Waals surface area contributed by atoms with E-state index in [0.717, 1.165) is 36.7 Å². The Kier molecular flexibility index (Phi) is 5.19. The van der Waals surface area contributed by atoms with Gasteiger partial charge in [-0.15, -0.1) is 0 Å². The monoisotopic (exact) mass is 223 g/mol. The van der Waals surface area contributed by atoms with Gasteiger partial charge in [-0.25, -0.2) is 9.97 Å². The van der Waals surface area contributed by atoms with E-state index in [9.17, 15) is 0 Å². The van der Waals surface area contributed by atoms with E-state index in [4.69, 9.17) is 5.11 Å². The van der Waals surface area contributed by atoms with Crippen LogP contribution in [0.5, 0.6) is 0 Å². The molecule has 4 heteroatoms. The fourth-order valence-electron chi connectivity index (χ4n) is 1.63. The second-order valence-corrected chi connectivity index (χ2v) is 4.01. The summed E-state index contributed by atoms with van der Waals surface area (Å²) >= 11 is 0. The predicted octanol–water partition coefficient (Wildman–Crippen LogP) is 1.69. The lowest BCUT2D eigenvalue weighted by molar-refractivity contribution is 0.301. The molecule has 0 saturated heterocycles. The standard InChI is InChI=1S/C12H21N3O/c1-4-5-6-15(7-8-16)12-13-10(2)9-11(3)14-12/h9,16H,4-8H2,1-3H3. The molecule has 0 saturated carbocycles.